The number of hydrogen-bond donors (Lipinski definition) is 2. The lowest BCUT2D eigenvalue weighted by atomic mass is 9.80. The van der Waals surface area contributed by atoms with Crippen molar-refractivity contribution in [3.05, 3.63) is 80.3 Å². The van der Waals surface area contributed by atoms with E-state index in [1.165, 1.54) is 12.1 Å². The largest absolute Gasteiger partial charge is 0.348 e. The highest BCUT2D eigenvalue weighted by Crippen LogP contribution is 2.50. The highest BCUT2D eigenvalue weighted by Gasteiger charge is 2.57. The molecule has 0 spiro atoms. The van der Waals surface area contributed by atoms with Gasteiger partial charge in [-0.2, -0.15) is 0 Å². The van der Waals surface area contributed by atoms with E-state index >= 15 is 0 Å². The molecule has 3 aromatic rings. The lowest BCUT2D eigenvalue weighted by Crippen LogP contribution is -2.57. The maximum absolute atomic E-state index is 14.4. The van der Waals surface area contributed by atoms with Gasteiger partial charge in [0, 0.05) is 17.7 Å². The monoisotopic (exact) mass is 486 g/mol. The van der Waals surface area contributed by atoms with E-state index in [9.17, 15) is 27.6 Å². The standard InChI is InChI=1S/C25H25F3N4O3/c1-13(17-5-3-15(27)12-19(17)28)29-22(33)21(25-9-7-16(8-10-25)31(25)2)32-23(34)18-11-14(26)4-6-20(18)30-24(32)35/h3-6,11-13,16,21H,7-10H2,1-2H3,(H,29,33)(H,30,35)/t13-,16?,21+,25?/m0/s1. The second kappa shape index (κ2) is 8.37. The van der Waals surface area contributed by atoms with E-state index < -0.39 is 52.2 Å². The van der Waals surface area contributed by atoms with Gasteiger partial charge in [0.15, 0.2) is 0 Å². The average Bonchev–Trinajstić information content (AvgIpc) is 3.29. The zero-order chi connectivity index (χ0) is 25.1. The van der Waals surface area contributed by atoms with Crippen molar-refractivity contribution in [1.82, 2.24) is 19.8 Å². The van der Waals surface area contributed by atoms with Crippen LogP contribution in [0.1, 0.15) is 50.3 Å². The minimum absolute atomic E-state index is 0.0494. The van der Waals surface area contributed by atoms with Crippen LogP contribution >= 0.6 is 0 Å². The minimum atomic E-state index is -1.24. The van der Waals surface area contributed by atoms with Crippen LogP contribution in [0.5, 0.6) is 0 Å². The Balaban J connectivity index is 1.63. The van der Waals surface area contributed by atoms with E-state index in [1.54, 1.807) is 6.92 Å². The molecule has 2 atom stereocenters. The van der Waals surface area contributed by atoms with Crippen LogP contribution in [-0.2, 0) is 4.79 Å². The fourth-order valence-corrected chi connectivity index (χ4v) is 5.93. The van der Waals surface area contributed by atoms with Crippen LogP contribution in [-0.4, -0.2) is 39.0 Å². The number of amides is 1. The molecule has 2 fully saturated rings. The van der Waals surface area contributed by atoms with E-state index in [-0.39, 0.29) is 22.5 Å². The van der Waals surface area contributed by atoms with Gasteiger partial charge in [-0.1, -0.05) is 6.07 Å². The number of carbonyl (C=O) groups is 1. The van der Waals surface area contributed by atoms with Gasteiger partial charge in [0.1, 0.15) is 23.5 Å². The third-order valence-corrected chi connectivity index (χ3v) is 7.77. The summed E-state index contributed by atoms with van der Waals surface area (Å²) in [4.78, 5) is 45.1. The van der Waals surface area contributed by atoms with Crippen molar-refractivity contribution in [3.63, 3.8) is 0 Å². The van der Waals surface area contributed by atoms with Crippen molar-refractivity contribution in [3.8, 4) is 0 Å². The summed E-state index contributed by atoms with van der Waals surface area (Å²) in [6.07, 6.45) is 2.77. The van der Waals surface area contributed by atoms with Crippen LogP contribution in [0, 0.1) is 17.5 Å². The predicted molar refractivity (Wildman–Crippen MR) is 123 cm³/mol. The predicted octanol–water partition coefficient (Wildman–Crippen LogP) is 3.15. The number of aromatic nitrogens is 2. The number of nitrogens with zero attached hydrogens (tertiary/aromatic N) is 2. The van der Waals surface area contributed by atoms with Crippen molar-refractivity contribution in [1.29, 1.82) is 0 Å². The Kier molecular flexibility index (Phi) is 5.58. The summed E-state index contributed by atoms with van der Waals surface area (Å²) in [5.41, 5.74) is -2.13. The van der Waals surface area contributed by atoms with E-state index in [4.69, 9.17) is 0 Å². The summed E-state index contributed by atoms with van der Waals surface area (Å²) in [6, 6.07) is 4.65. The van der Waals surface area contributed by atoms with Gasteiger partial charge in [-0.25, -0.2) is 22.5 Å². The summed E-state index contributed by atoms with van der Waals surface area (Å²) in [6.45, 7) is 1.54. The van der Waals surface area contributed by atoms with Crippen molar-refractivity contribution in [2.75, 3.05) is 7.05 Å². The first kappa shape index (κ1) is 23.3. The van der Waals surface area contributed by atoms with E-state index in [0.29, 0.717) is 12.8 Å². The molecule has 7 nitrogen and oxygen atoms in total. The van der Waals surface area contributed by atoms with Crippen LogP contribution < -0.4 is 16.6 Å². The number of halogens is 3. The topological polar surface area (TPSA) is 87.2 Å². The van der Waals surface area contributed by atoms with Gasteiger partial charge in [0.25, 0.3) is 5.56 Å². The number of carbonyl (C=O) groups excluding carboxylic acids is 1. The third kappa shape index (κ3) is 3.67. The number of likely N-dealkylation sites (N-methyl/N-ethyl adjacent to an activating group) is 1. The van der Waals surface area contributed by atoms with E-state index in [2.05, 4.69) is 10.3 Å². The SMILES string of the molecule is C[C@H](NC(=O)[C@@H](n1c(=O)[nH]c2ccc(F)cc2c1=O)C12CCC(CC1)N2C)c1ccc(F)cc1F. The highest BCUT2D eigenvalue weighted by atomic mass is 19.1. The molecule has 5 rings (SSSR count). The number of rotatable bonds is 5. The van der Waals surface area contributed by atoms with Crippen molar-refractivity contribution in [2.24, 2.45) is 0 Å². The van der Waals surface area contributed by atoms with Crippen LogP contribution in [0.3, 0.4) is 0 Å². The van der Waals surface area contributed by atoms with Crippen LogP contribution in [0.2, 0.25) is 0 Å². The molecule has 35 heavy (non-hydrogen) atoms. The molecule has 0 saturated carbocycles. The Morgan fingerprint density at radius 3 is 2.37 bits per heavy atom. The lowest BCUT2D eigenvalue weighted by molar-refractivity contribution is -0.129. The van der Waals surface area contributed by atoms with E-state index in [1.807, 2.05) is 11.9 Å². The maximum Gasteiger partial charge on any atom is 0.329 e. The first-order valence-electron chi connectivity index (χ1n) is 11.5. The molecule has 1 aromatic heterocycles. The summed E-state index contributed by atoms with van der Waals surface area (Å²) in [7, 11) is 1.87. The normalized spacial score (nSPS) is 23.5. The molecule has 2 aromatic carbocycles. The summed E-state index contributed by atoms with van der Waals surface area (Å²) < 4.78 is 42.6. The fourth-order valence-electron chi connectivity index (χ4n) is 5.93. The number of hydrogen-bond acceptors (Lipinski definition) is 4. The zero-order valence-electron chi connectivity index (χ0n) is 19.3. The van der Waals surface area contributed by atoms with Gasteiger partial charge < -0.3 is 10.3 Å². The summed E-state index contributed by atoms with van der Waals surface area (Å²) in [5, 5.41) is 2.68. The Morgan fingerprint density at radius 1 is 1.09 bits per heavy atom. The van der Waals surface area contributed by atoms with Crippen LogP contribution in [0.15, 0.2) is 46.0 Å². The molecule has 2 aliphatic heterocycles. The fraction of sp³-hybridized carbons (Fsp3) is 0.400. The van der Waals surface area contributed by atoms with Crippen LogP contribution in [0.25, 0.3) is 10.9 Å². The second-order valence-electron chi connectivity index (χ2n) is 9.54. The van der Waals surface area contributed by atoms with Crippen molar-refractivity contribution < 1.29 is 18.0 Å². The van der Waals surface area contributed by atoms with Crippen LogP contribution in [0.4, 0.5) is 13.2 Å². The molecule has 3 heterocycles. The quantitative estimate of drug-likeness (QED) is 0.580. The van der Waals surface area contributed by atoms with Gasteiger partial charge in [0.05, 0.1) is 22.5 Å². The molecule has 10 heteroatoms. The highest BCUT2D eigenvalue weighted by molar-refractivity contribution is 5.83. The molecule has 1 amide bonds. The molecule has 2 aliphatic rings. The van der Waals surface area contributed by atoms with Gasteiger partial charge in [0.2, 0.25) is 5.91 Å². The van der Waals surface area contributed by atoms with Crippen molar-refractivity contribution >= 4 is 16.8 Å². The molecule has 0 unspecified atom stereocenters. The first-order valence-corrected chi connectivity index (χ1v) is 11.5. The number of nitrogens with one attached hydrogen (secondary N) is 2. The molecule has 2 saturated heterocycles. The lowest BCUT2D eigenvalue weighted by Gasteiger charge is -2.40. The first-order chi connectivity index (χ1) is 16.6. The maximum atomic E-state index is 14.4. The molecule has 184 valence electrons. The van der Waals surface area contributed by atoms with Gasteiger partial charge in [-0.15, -0.1) is 0 Å². The molecular formula is C25H25F3N4O3. The number of aromatic amines is 1. The average molecular weight is 486 g/mol. The molecule has 0 aliphatic carbocycles. The molecule has 0 radical (unpaired) electrons. The number of benzene rings is 2. The Labute approximate surface area is 198 Å². The third-order valence-electron chi connectivity index (χ3n) is 7.77. The molecular weight excluding hydrogens is 461 g/mol. The van der Waals surface area contributed by atoms with Gasteiger partial charge in [-0.05, 0) is 63.9 Å². The molecule has 2 N–H and O–H groups in total. The summed E-state index contributed by atoms with van der Waals surface area (Å²) in [5.74, 6) is -2.85. The number of H-pyrrole nitrogens is 1. The van der Waals surface area contributed by atoms with Crippen molar-refractivity contribution in [2.45, 2.75) is 56.3 Å². The Morgan fingerprint density at radius 2 is 1.74 bits per heavy atom. The Bertz CT molecular complexity index is 1440. The molecule has 2 bridgehead atoms. The van der Waals surface area contributed by atoms with Gasteiger partial charge >= 0.3 is 5.69 Å². The second-order valence-corrected chi connectivity index (χ2v) is 9.54. The minimum Gasteiger partial charge on any atom is -0.348 e. The smallest absolute Gasteiger partial charge is 0.329 e. The summed E-state index contributed by atoms with van der Waals surface area (Å²) >= 11 is 0. The Hall–Kier alpha value is -3.40. The van der Waals surface area contributed by atoms with Gasteiger partial charge in [-0.3, -0.25) is 14.5 Å². The zero-order valence-corrected chi connectivity index (χ0v) is 19.3. The van der Waals surface area contributed by atoms with E-state index in [0.717, 1.165) is 41.7 Å². The number of fused-ring (bicyclic) bond motifs is 3.